The van der Waals surface area contributed by atoms with Crippen LogP contribution >= 0.6 is 27.3 Å². The summed E-state index contributed by atoms with van der Waals surface area (Å²) in [5.74, 6) is -0.0345. The number of hydrogen-bond donors (Lipinski definition) is 2. The molecule has 1 heterocycles. The van der Waals surface area contributed by atoms with E-state index in [2.05, 4.69) is 20.9 Å². The van der Waals surface area contributed by atoms with Gasteiger partial charge in [0.2, 0.25) is 5.13 Å². The third kappa shape index (κ3) is 3.98. The van der Waals surface area contributed by atoms with Crippen LogP contribution in [0.3, 0.4) is 0 Å². The van der Waals surface area contributed by atoms with Gasteiger partial charge in [-0.2, -0.15) is 0 Å². The first kappa shape index (κ1) is 18.4. The van der Waals surface area contributed by atoms with Gasteiger partial charge in [0, 0.05) is 32.6 Å². The zero-order valence-electron chi connectivity index (χ0n) is 14.6. The van der Waals surface area contributed by atoms with Gasteiger partial charge in [-0.1, -0.05) is 58.4 Å². The molecule has 0 bridgehead atoms. The van der Waals surface area contributed by atoms with Gasteiger partial charge < -0.3 is 10.2 Å². The molecule has 0 radical (unpaired) electrons. The van der Waals surface area contributed by atoms with Gasteiger partial charge in [-0.3, -0.25) is 0 Å². The second-order valence-corrected chi connectivity index (χ2v) is 7.80. The van der Waals surface area contributed by atoms with E-state index in [9.17, 15) is 10.2 Å². The van der Waals surface area contributed by atoms with Crippen LogP contribution in [0.25, 0.3) is 11.3 Å². The molecule has 4 aromatic rings. The molecule has 0 saturated carbocycles. The molecule has 0 fully saturated rings. The van der Waals surface area contributed by atoms with Crippen molar-refractivity contribution in [2.75, 3.05) is 0 Å². The number of aromatic hydroxyl groups is 2. The lowest BCUT2D eigenvalue weighted by molar-refractivity contribution is 0.450. The summed E-state index contributed by atoms with van der Waals surface area (Å²) in [5, 5.41) is 22.5. The van der Waals surface area contributed by atoms with Crippen LogP contribution in [0.2, 0.25) is 0 Å². The Morgan fingerprint density at radius 3 is 2.39 bits per heavy atom. The van der Waals surface area contributed by atoms with Gasteiger partial charge in [0.15, 0.2) is 0 Å². The van der Waals surface area contributed by atoms with Crippen molar-refractivity contribution in [1.82, 2.24) is 4.98 Å². The zero-order chi connectivity index (χ0) is 19.5. The van der Waals surface area contributed by atoms with Gasteiger partial charge >= 0.3 is 0 Å². The fourth-order valence-electron chi connectivity index (χ4n) is 2.76. The first-order chi connectivity index (χ1) is 13.6. The standard InChI is InChI=1S/C22H15BrN2O2S/c23-16-8-6-14(7-9-16)19-13-28-22(24-19)25-21(15-4-2-1-3-5-15)18-11-10-17(26)12-20(18)27/h1-13,26-27H/b25-21+. The highest BCUT2D eigenvalue weighted by molar-refractivity contribution is 9.10. The highest BCUT2D eigenvalue weighted by Crippen LogP contribution is 2.31. The van der Waals surface area contributed by atoms with Crippen molar-refractivity contribution in [2.45, 2.75) is 0 Å². The topological polar surface area (TPSA) is 65.7 Å². The minimum Gasteiger partial charge on any atom is -0.508 e. The Morgan fingerprint density at radius 2 is 1.68 bits per heavy atom. The molecule has 0 aliphatic carbocycles. The summed E-state index contributed by atoms with van der Waals surface area (Å²) in [7, 11) is 0. The normalized spacial score (nSPS) is 11.5. The predicted octanol–water partition coefficient (Wildman–Crippen LogP) is 6.15. The fraction of sp³-hybridized carbons (Fsp3) is 0. The number of nitrogens with zero attached hydrogens (tertiary/aromatic N) is 2. The molecule has 0 unspecified atom stereocenters. The van der Waals surface area contributed by atoms with Crippen LogP contribution in [-0.4, -0.2) is 20.9 Å². The van der Waals surface area contributed by atoms with E-state index in [4.69, 9.17) is 4.99 Å². The summed E-state index contributed by atoms with van der Waals surface area (Å²) in [6, 6.07) is 22.0. The van der Waals surface area contributed by atoms with E-state index >= 15 is 0 Å². The molecular formula is C22H15BrN2O2S. The molecule has 1 aromatic heterocycles. The monoisotopic (exact) mass is 450 g/mol. The highest BCUT2D eigenvalue weighted by Gasteiger charge is 2.14. The smallest absolute Gasteiger partial charge is 0.210 e. The number of benzene rings is 3. The third-order valence-corrected chi connectivity index (χ3v) is 5.39. The highest BCUT2D eigenvalue weighted by atomic mass is 79.9. The van der Waals surface area contributed by atoms with E-state index in [1.54, 1.807) is 6.07 Å². The number of rotatable bonds is 4. The van der Waals surface area contributed by atoms with Gasteiger partial charge in [0.05, 0.1) is 11.4 Å². The van der Waals surface area contributed by atoms with E-state index in [0.29, 0.717) is 16.4 Å². The van der Waals surface area contributed by atoms with Gasteiger partial charge in [-0.05, 0) is 24.3 Å². The maximum Gasteiger partial charge on any atom is 0.210 e. The fourth-order valence-corrected chi connectivity index (χ4v) is 3.73. The first-order valence-electron chi connectivity index (χ1n) is 8.48. The molecule has 0 atom stereocenters. The Morgan fingerprint density at radius 1 is 0.929 bits per heavy atom. The molecule has 0 aliphatic rings. The van der Waals surface area contributed by atoms with Crippen molar-refractivity contribution in [3.63, 3.8) is 0 Å². The quantitative estimate of drug-likeness (QED) is 0.366. The SMILES string of the molecule is Oc1ccc(/C(=N/c2nc(-c3ccc(Br)cc3)cs2)c2ccccc2)c(O)c1. The molecule has 0 aliphatic heterocycles. The van der Waals surface area contributed by atoms with Crippen molar-refractivity contribution in [3.8, 4) is 22.8 Å². The van der Waals surface area contributed by atoms with Gasteiger partial charge in [-0.25, -0.2) is 9.98 Å². The lowest BCUT2D eigenvalue weighted by Gasteiger charge is -2.09. The van der Waals surface area contributed by atoms with Crippen LogP contribution in [0.4, 0.5) is 5.13 Å². The van der Waals surface area contributed by atoms with Crippen molar-refractivity contribution in [2.24, 2.45) is 4.99 Å². The van der Waals surface area contributed by atoms with Gasteiger partial charge in [0.25, 0.3) is 0 Å². The molecule has 0 spiro atoms. The molecule has 28 heavy (non-hydrogen) atoms. The van der Waals surface area contributed by atoms with Crippen LogP contribution in [0.5, 0.6) is 11.5 Å². The molecule has 0 amide bonds. The first-order valence-corrected chi connectivity index (χ1v) is 10.2. The summed E-state index contributed by atoms with van der Waals surface area (Å²) in [4.78, 5) is 9.36. The van der Waals surface area contributed by atoms with Crippen molar-refractivity contribution in [1.29, 1.82) is 0 Å². The van der Waals surface area contributed by atoms with Gasteiger partial charge in [0.1, 0.15) is 11.5 Å². The Kier molecular flexibility index (Phi) is 5.23. The van der Waals surface area contributed by atoms with E-state index in [1.807, 2.05) is 60.0 Å². The van der Waals surface area contributed by atoms with Crippen LogP contribution in [0, 0.1) is 0 Å². The summed E-state index contributed by atoms with van der Waals surface area (Å²) >= 11 is 4.87. The number of phenols is 2. The average molecular weight is 451 g/mol. The van der Waals surface area contributed by atoms with Gasteiger partial charge in [-0.15, -0.1) is 11.3 Å². The lowest BCUT2D eigenvalue weighted by Crippen LogP contribution is -2.03. The number of aliphatic imine (C=N–C) groups is 1. The average Bonchev–Trinajstić information content (AvgIpc) is 3.17. The van der Waals surface area contributed by atoms with Crippen molar-refractivity contribution in [3.05, 3.63) is 93.8 Å². The Labute approximate surface area is 174 Å². The van der Waals surface area contributed by atoms with E-state index < -0.39 is 0 Å². The van der Waals surface area contributed by atoms with Crippen LogP contribution in [0.1, 0.15) is 11.1 Å². The zero-order valence-corrected chi connectivity index (χ0v) is 17.0. The molecule has 6 heteroatoms. The summed E-state index contributed by atoms with van der Waals surface area (Å²) in [5.41, 5.74) is 3.83. The molecule has 4 nitrogen and oxygen atoms in total. The largest absolute Gasteiger partial charge is 0.508 e. The summed E-state index contributed by atoms with van der Waals surface area (Å²) in [6.45, 7) is 0. The molecule has 0 saturated heterocycles. The van der Waals surface area contributed by atoms with Crippen LogP contribution in [0.15, 0.2) is 87.6 Å². The number of halogens is 1. The number of phenolic OH excluding ortho intramolecular Hbond substituents is 2. The minimum absolute atomic E-state index is 0.000403. The van der Waals surface area contributed by atoms with Crippen LogP contribution < -0.4 is 0 Å². The maximum absolute atomic E-state index is 10.3. The number of thiazole rings is 1. The summed E-state index contributed by atoms with van der Waals surface area (Å²) < 4.78 is 1.01. The third-order valence-electron chi connectivity index (χ3n) is 4.12. The van der Waals surface area contributed by atoms with Crippen molar-refractivity contribution < 1.29 is 10.2 Å². The van der Waals surface area contributed by atoms with E-state index in [-0.39, 0.29) is 11.5 Å². The number of aromatic nitrogens is 1. The van der Waals surface area contributed by atoms with E-state index in [0.717, 1.165) is 21.3 Å². The van der Waals surface area contributed by atoms with E-state index in [1.165, 1.54) is 23.5 Å². The van der Waals surface area contributed by atoms with Crippen LogP contribution in [-0.2, 0) is 0 Å². The Bertz CT molecular complexity index is 1140. The second kappa shape index (κ2) is 7.96. The minimum atomic E-state index is -0.0349. The second-order valence-electron chi connectivity index (χ2n) is 6.05. The molecule has 138 valence electrons. The number of hydrogen-bond acceptors (Lipinski definition) is 5. The molecular weight excluding hydrogens is 436 g/mol. The molecule has 3 aromatic carbocycles. The molecule has 4 rings (SSSR count). The predicted molar refractivity (Wildman–Crippen MR) is 117 cm³/mol. The lowest BCUT2D eigenvalue weighted by atomic mass is 10.0. The maximum atomic E-state index is 10.3. The van der Waals surface area contributed by atoms with Crippen molar-refractivity contribution >= 4 is 38.1 Å². The Hall–Kier alpha value is -2.96. The molecule has 2 N–H and O–H groups in total. The summed E-state index contributed by atoms with van der Waals surface area (Å²) in [6.07, 6.45) is 0. The Balaban J connectivity index is 1.79.